The smallest absolute Gasteiger partial charge is 0.320 e. The first-order chi connectivity index (χ1) is 17.5. The van der Waals surface area contributed by atoms with Gasteiger partial charge in [-0.2, -0.15) is 0 Å². The van der Waals surface area contributed by atoms with E-state index in [-0.39, 0.29) is 42.0 Å². The minimum Gasteiger partial charge on any atom is -0.465 e. The molecule has 0 bridgehead atoms. The molecular weight excluding hydrogens is 470 g/mol. The molecule has 6 heteroatoms. The number of hydrogen-bond donors (Lipinski definition) is 0. The second-order valence-electron chi connectivity index (χ2n) is 8.48. The van der Waals surface area contributed by atoms with Crippen molar-refractivity contribution in [2.45, 2.75) is 54.3 Å². The highest BCUT2D eigenvalue weighted by molar-refractivity contribution is 7.97. The first-order valence-electron chi connectivity index (χ1n) is 12.5. The van der Waals surface area contributed by atoms with Gasteiger partial charge in [0.05, 0.1) is 37.2 Å². The molecule has 0 aliphatic carbocycles. The molecule has 0 aromatic heterocycles. The van der Waals surface area contributed by atoms with E-state index < -0.39 is 0 Å². The summed E-state index contributed by atoms with van der Waals surface area (Å²) < 4.78 is 10.2. The topological polar surface area (TPSA) is 55.8 Å². The number of aryl methyl sites for hydroxylation is 1. The molecule has 3 rings (SSSR count). The Kier molecular flexibility index (Phi) is 11.0. The Morgan fingerprint density at radius 2 is 1.17 bits per heavy atom. The van der Waals surface area contributed by atoms with Gasteiger partial charge in [0.25, 0.3) is 0 Å². The molecule has 1 unspecified atom stereocenters. The van der Waals surface area contributed by atoms with Crippen molar-refractivity contribution in [2.24, 2.45) is 0 Å². The fourth-order valence-corrected chi connectivity index (χ4v) is 6.07. The maximum atomic E-state index is 12.1. The van der Waals surface area contributed by atoms with Gasteiger partial charge >= 0.3 is 11.9 Å². The van der Waals surface area contributed by atoms with Gasteiger partial charge in [0.2, 0.25) is 0 Å². The summed E-state index contributed by atoms with van der Waals surface area (Å²) in [5.41, 5.74) is 1.22. The maximum Gasteiger partial charge on any atom is 0.320 e. The average Bonchev–Trinajstić information content (AvgIpc) is 2.89. The van der Waals surface area contributed by atoms with E-state index in [2.05, 4.69) is 72.8 Å². The number of nitrogens with zero attached hydrogens (tertiary/aromatic N) is 1. The van der Waals surface area contributed by atoms with Crippen LogP contribution in [0.25, 0.3) is 0 Å². The molecule has 1 atom stereocenters. The lowest BCUT2D eigenvalue weighted by Gasteiger charge is -2.27. The monoisotopic (exact) mass is 506 g/mol. The fourth-order valence-electron chi connectivity index (χ4n) is 3.98. The Labute approximate surface area is 217 Å². The van der Waals surface area contributed by atoms with Gasteiger partial charge in [-0.3, -0.25) is 14.5 Å². The average molecular weight is 507 g/mol. The minimum absolute atomic E-state index is 0.0155. The Balaban J connectivity index is 1.69. The predicted octanol–water partition coefficient (Wildman–Crippen LogP) is 5.53. The number of carbonyl (C=O) groups is 2. The van der Waals surface area contributed by atoms with Crippen molar-refractivity contribution in [3.05, 3.63) is 90.5 Å². The zero-order chi connectivity index (χ0) is 25.8. The highest BCUT2D eigenvalue weighted by Gasteiger charge is 2.28. The molecule has 0 amide bonds. The van der Waals surface area contributed by atoms with Gasteiger partial charge in [0.1, 0.15) is 0 Å². The summed E-state index contributed by atoms with van der Waals surface area (Å²) in [7, 11) is -0.172. The summed E-state index contributed by atoms with van der Waals surface area (Å²) in [4.78, 5) is 29.9. The van der Waals surface area contributed by atoms with Crippen molar-refractivity contribution in [1.29, 1.82) is 0 Å². The van der Waals surface area contributed by atoms with E-state index in [4.69, 9.17) is 9.47 Å². The molecule has 0 saturated heterocycles. The van der Waals surface area contributed by atoms with Crippen LogP contribution in [0.4, 0.5) is 0 Å². The molecule has 3 aromatic rings. The van der Waals surface area contributed by atoms with Crippen LogP contribution in [-0.4, -0.2) is 49.2 Å². The van der Waals surface area contributed by atoms with Gasteiger partial charge in [-0.1, -0.05) is 48.5 Å². The number of rotatable bonds is 13. The highest BCUT2D eigenvalue weighted by atomic mass is 32.2. The van der Waals surface area contributed by atoms with Crippen molar-refractivity contribution in [3.8, 4) is 0 Å². The largest absolute Gasteiger partial charge is 0.465 e. The van der Waals surface area contributed by atoms with E-state index in [0.717, 1.165) is 12.8 Å². The van der Waals surface area contributed by atoms with Crippen LogP contribution in [0, 0.1) is 0 Å². The number of carbonyl (C=O) groups excluding carboxylic acids is 2. The van der Waals surface area contributed by atoms with E-state index in [1.165, 1.54) is 20.2 Å². The zero-order valence-electron chi connectivity index (χ0n) is 21.4. The Bertz CT molecular complexity index is 1010. The second kappa shape index (κ2) is 14.5. The third-order valence-electron chi connectivity index (χ3n) is 5.87. The van der Waals surface area contributed by atoms with Gasteiger partial charge in [-0.25, -0.2) is 0 Å². The SMILES string of the molecule is CCOC(=O)CN(CC(=O)OCC)C(C)CCc1ccc([S+](c2ccccc2)c2ccccc2)cc1. The molecule has 190 valence electrons. The molecular formula is C30H36NO4S+. The van der Waals surface area contributed by atoms with Gasteiger partial charge in [-0.05, 0) is 75.6 Å². The van der Waals surface area contributed by atoms with Gasteiger partial charge in [-0.15, -0.1) is 0 Å². The summed E-state index contributed by atoms with van der Waals surface area (Å²) >= 11 is 0. The molecule has 5 nitrogen and oxygen atoms in total. The van der Waals surface area contributed by atoms with Crippen molar-refractivity contribution in [2.75, 3.05) is 26.3 Å². The zero-order valence-corrected chi connectivity index (χ0v) is 22.2. The molecule has 0 spiro atoms. The molecule has 0 saturated carbocycles. The summed E-state index contributed by atoms with van der Waals surface area (Å²) in [5.74, 6) is -0.654. The number of benzene rings is 3. The molecule has 0 aliphatic heterocycles. The predicted molar refractivity (Wildman–Crippen MR) is 144 cm³/mol. The number of hydrogen-bond acceptors (Lipinski definition) is 5. The second-order valence-corrected chi connectivity index (χ2v) is 10.5. The molecule has 36 heavy (non-hydrogen) atoms. The van der Waals surface area contributed by atoms with Crippen LogP contribution in [0.15, 0.2) is 99.6 Å². The lowest BCUT2D eigenvalue weighted by Crippen LogP contribution is -2.42. The van der Waals surface area contributed by atoms with E-state index in [0.29, 0.717) is 13.2 Å². The Morgan fingerprint density at radius 3 is 1.61 bits per heavy atom. The van der Waals surface area contributed by atoms with Gasteiger partial charge < -0.3 is 9.47 Å². The van der Waals surface area contributed by atoms with Crippen LogP contribution < -0.4 is 0 Å². The van der Waals surface area contributed by atoms with Crippen LogP contribution in [0.2, 0.25) is 0 Å². The molecule has 0 radical (unpaired) electrons. The van der Waals surface area contributed by atoms with Crippen molar-refractivity contribution in [3.63, 3.8) is 0 Å². The normalized spacial score (nSPS) is 11.9. The van der Waals surface area contributed by atoms with Gasteiger partial charge in [0.15, 0.2) is 14.7 Å². The third-order valence-corrected chi connectivity index (χ3v) is 8.10. The van der Waals surface area contributed by atoms with Crippen LogP contribution in [-0.2, 0) is 36.4 Å². The summed E-state index contributed by atoms with van der Waals surface area (Å²) in [6.07, 6.45) is 1.65. The molecule has 0 fully saturated rings. The first-order valence-corrected chi connectivity index (χ1v) is 13.7. The van der Waals surface area contributed by atoms with Crippen molar-refractivity contribution < 1.29 is 19.1 Å². The Morgan fingerprint density at radius 1 is 0.722 bits per heavy atom. The van der Waals surface area contributed by atoms with E-state index in [1.54, 1.807) is 13.8 Å². The Hall–Kier alpha value is -3.09. The maximum absolute atomic E-state index is 12.1. The molecule has 0 heterocycles. The quantitative estimate of drug-likeness (QED) is 0.225. The summed E-state index contributed by atoms with van der Waals surface area (Å²) in [6.45, 7) is 6.38. The minimum atomic E-state index is -0.327. The van der Waals surface area contributed by atoms with Gasteiger partial charge in [0, 0.05) is 6.04 Å². The van der Waals surface area contributed by atoms with Crippen LogP contribution in [0.5, 0.6) is 0 Å². The standard InChI is InChI=1S/C30H36NO4S/c1-4-34-29(32)22-31(23-30(33)35-5-2)24(3)16-17-25-18-20-28(21-19-25)36(26-12-8-6-9-13-26)27-14-10-7-11-15-27/h6-15,18-21,24H,4-5,16-17,22-23H2,1-3H3/q+1. The molecule has 3 aromatic carbocycles. The summed E-state index contributed by atoms with van der Waals surface area (Å²) in [5, 5.41) is 0. The number of esters is 2. The lowest BCUT2D eigenvalue weighted by atomic mass is 10.1. The van der Waals surface area contributed by atoms with E-state index in [1.807, 2.05) is 24.0 Å². The third kappa shape index (κ3) is 8.25. The van der Waals surface area contributed by atoms with Crippen LogP contribution >= 0.6 is 0 Å². The molecule has 0 aliphatic rings. The summed E-state index contributed by atoms with van der Waals surface area (Å²) in [6, 6.07) is 30.0. The first kappa shape index (κ1) is 27.5. The number of ether oxygens (including phenoxy) is 2. The lowest BCUT2D eigenvalue weighted by molar-refractivity contribution is -0.149. The van der Waals surface area contributed by atoms with Crippen molar-refractivity contribution >= 4 is 22.8 Å². The van der Waals surface area contributed by atoms with Crippen LogP contribution in [0.1, 0.15) is 32.8 Å². The van der Waals surface area contributed by atoms with Crippen molar-refractivity contribution in [1.82, 2.24) is 4.90 Å². The van der Waals surface area contributed by atoms with E-state index >= 15 is 0 Å². The molecule has 0 N–H and O–H groups in total. The highest BCUT2D eigenvalue weighted by Crippen LogP contribution is 2.31. The van der Waals surface area contributed by atoms with E-state index in [9.17, 15) is 9.59 Å². The fraction of sp³-hybridized carbons (Fsp3) is 0.333. The van der Waals surface area contributed by atoms with Crippen LogP contribution in [0.3, 0.4) is 0 Å².